The number of carboxylic acid groups (broad SMARTS) is 1. The second kappa shape index (κ2) is 6.71. The Balaban J connectivity index is 1.87. The SMILES string of the molecule is Cc1cnc(NC(=O)Nc2ccc(OCC(=O)O)cc2)s1. The highest BCUT2D eigenvalue weighted by Crippen LogP contribution is 2.18. The number of nitrogens with one attached hydrogen (secondary N) is 2. The molecule has 0 fully saturated rings. The Morgan fingerprint density at radius 2 is 2.00 bits per heavy atom. The van der Waals surface area contributed by atoms with E-state index in [4.69, 9.17) is 9.84 Å². The maximum Gasteiger partial charge on any atom is 0.341 e. The van der Waals surface area contributed by atoms with E-state index in [1.165, 1.54) is 11.3 Å². The van der Waals surface area contributed by atoms with Gasteiger partial charge in [0.25, 0.3) is 0 Å². The van der Waals surface area contributed by atoms with E-state index in [1.54, 1.807) is 30.5 Å². The van der Waals surface area contributed by atoms with Gasteiger partial charge in [-0.25, -0.2) is 14.6 Å². The maximum atomic E-state index is 11.7. The van der Waals surface area contributed by atoms with Gasteiger partial charge < -0.3 is 15.2 Å². The minimum absolute atomic E-state index is 0.399. The molecule has 2 rings (SSSR count). The van der Waals surface area contributed by atoms with Gasteiger partial charge in [-0.2, -0.15) is 0 Å². The molecule has 110 valence electrons. The van der Waals surface area contributed by atoms with Crippen molar-refractivity contribution in [2.24, 2.45) is 0 Å². The topological polar surface area (TPSA) is 101 Å². The molecule has 7 nitrogen and oxygen atoms in total. The van der Waals surface area contributed by atoms with Gasteiger partial charge in [0.05, 0.1) is 0 Å². The zero-order valence-corrected chi connectivity index (χ0v) is 11.9. The lowest BCUT2D eigenvalue weighted by molar-refractivity contribution is -0.139. The first kappa shape index (κ1) is 14.8. The number of amides is 2. The molecule has 8 heteroatoms. The summed E-state index contributed by atoms with van der Waals surface area (Å²) in [6.07, 6.45) is 1.68. The third-order valence-corrected chi connectivity index (χ3v) is 3.14. The Hall–Kier alpha value is -2.61. The molecule has 0 aliphatic heterocycles. The maximum absolute atomic E-state index is 11.7. The van der Waals surface area contributed by atoms with Crippen molar-refractivity contribution in [1.29, 1.82) is 0 Å². The molecule has 1 heterocycles. The van der Waals surface area contributed by atoms with E-state index >= 15 is 0 Å². The predicted molar refractivity (Wildman–Crippen MR) is 79.1 cm³/mol. The number of hydrogen-bond acceptors (Lipinski definition) is 5. The van der Waals surface area contributed by atoms with Crippen LogP contribution in [0, 0.1) is 6.92 Å². The van der Waals surface area contributed by atoms with E-state index < -0.39 is 18.6 Å². The molecule has 1 aromatic carbocycles. The number of rotatable bonds is 5. The fourth-order valence-electron chi connectivity index (χ4n) is 1.45. The summed E-state index contributed by atoms with van der Waals surface area (Å²) in [5.41, 5.74) is 0.559. The van der Waals surface area contributed by atoms with Crippen LogP contribution in [0.4, 0.5) is 15.6 Å². The van der Waals surface area contributed by atoms with Gasteiger partial charge in [-0.05, 0) is 31.2 Å². The van der Waals surface area contributed by atoms with Crippen molar-refractivity contribution in [2.75, 3.05) is 17.2 Å². The van der Waals surface area contributed by atoms with E-state index in [9.17, 15) is 9.59 Å². The number of thiazole rings is 1. The largest absolute Gasteiger partial charge is 0.482 e. The summed E-state index contributed by atoms with van der Waals surface area (Å²) in [4.78, 5) is 27.1. The first-order valence-electron chi connectivity index (χ1n) is 5.98. The summed E-state index contributed by atoms with van der Waals surface area (Å²) in [5, 5.41) is 14.3. The summed E-state index contributed by atoms with van der Waals surface area (Å²) >= 11 is 1.38. The highest BCUT2D eigenvalue weighted by atomic mass is 32.1. The lowest BCUT2D eigenvalue weighted by Crippen LogP contribution is -2.19. The summed E-state index contributed by atoms with van der Waals surface area (Å²) in [5.74, 6) is -0.630. The second-order valence-corrected chi connectivity index (χ2v) is 5.30. The highest BCUT2D eigenvalue weighted by Gasteiger charge is 2.06. The third kappa shape index (κ3) is 4.77. The molecule has 0 saturated carbocycles. The number of ether oxygens (including phenoxy) is 1. The number of carboxylic acids is 1. The summed E-state index contributed by atoms with van der Waals surface area (Å²) in [6.45, 7) is 1.49. The molecule has 0 saturated heterocycles. The number of aromatic nitrogens is 1. The molecule has 0 unspecified atom stereocenters. The average molecular weight is 307 g/mol. The molecule has 2 aromatic rings. The fraction of sp³-hybridized carbons (Fsp3) is 0.154. The Bertz CT molecular complexity index is 639. The van der Waals surface area contributed by atoms with E-state index in [0.717, 1.165) is 4.88 Å². The molecule has 0 spiro atoms. The van der Waals surface area contributed by atoms with E-state index in [0.29, 0.717) is 16.6 Å². The monoisotopic (exact) mass is 307 g/mol. The molecular formula is C13H13N3O4S. The molecule has 21 heavy (non-hydrogen) atoms. The predicted octanol–water partition coefficient (Wildman–Crippen LogP) is 2.56. The number of carbonyl (C=O) groups excluding carboxylic acids is 1. The van der Waals surface area contributed by atoms with Crippen LogP contribution in [0.3, 0.4) is 0 Å². The molecule has 0 aliphatic carbocycles. The number of carbonyl (C=O) groups is 2. The van der Waals surface area contributed by atoms with Gasteiger partial charge in [0.2, 0.25) is 0 Å². The lowest BCUT2D eigenvalue weighted by atomic mass is 10.3. The van der Waals surface area contributed by atoms with Crippen LogP contribution in [0.25, 0.3) is 0 Å². The minimum Gasteiger partial charge on any atom is -0.482 e. The quantitative estimate of drug-likeness (QED) is 0.788. The van der Waals surface area contributed by atoms with Gasteiger partial charge in [-0.1, -0.05) is 0 Å². The van der Waals surface area contributed by atoms with Crippen LogP contribution in [0.15, 0.2) is 30.5 Å². The van der Waals surface area contributed by atoms with Crippen LogP contribution in [-0.4, -0.2) is 28.7 Å². The summed E-state index contributed by atoms with van der Waals surface area (Å²) in [6, 6.07) is 5.98. The Kier molecular flexibility index (Phi) is 4.72. The van der Waals surface area contributed by atoms with Crippen molar-refractivity contribution in [3.63, 3.8) is 0 Å². The van der Waals surface area contributed by atoms with Gasteiger partial charge in [-0.3, -0.25) is 5.32 Å². The van der Waals surface area contributed by atoms with Crippen molar-refractivity contribution in [1.82, 2.24) is 4.98 Å². The molecule has 0 bridgehead atoms. The molecule has 1 aromatic heterocycles. The molecule has 0 atom stereocenters. The number of hydrogen-bond donors (Lipinski definition) is 3. The Morgan fingerprint density at radius 3 is 2.57 bits per heavy atom. The van der Waals surface area contributed by atoms with Gasteiger partial charge in [0.15, 0.2) is 11.7 Å². The fourth-order valence-corrected chi connectivity index (χ4v) is 2.11. The van der Waals surface area contributed by atoms with Crippen molar-refractivity contribution < 1.29 is 19.4 Å². The van der Waals surface area contributed by atoms with Crippen LogP contribution < -0.4 is 15.4 Å². The Morgan fingerprint density at radius 1 is 1.29 bits per heavy atom. The number of benzene rings is 1. The van der Waals surface area contributed by atoms with Crippen molar-refractivity contribution in [3.05, 3.63) is 35.3 Å². The van der Waals surface area contributed by atoms with E-state index in [2.05, 4.69) is 15.6 Å². The molecule has 0 aliphatic rings. The average Bonchev–Trinajstić information content (AvgIpc) is 2.83. The first-order valence-corrected chi connectivity index (χ1v) is 6.79. The standard InChI is InChI=1S/C13H13N3O4S/c1-8-6-14-13(21-8)16-12(19)15-9-2-4-10(5-3-9)20-7-11(17)18/h2-6H,7H2,1H3,(H,17,18)(H2,14,15,16,19). The molecule has 3 N–H and O–H groups in total. The second-order valence-electron chi connectivity index (χ2n) is 4.06. The van der Waals surface area contributed by atoms with Crippen molar-refractivity contribution in [3.8, 4) is 5.75 Å². The smallest absolute Gasteiger partial charge is 0.341 e. The van der Waals surface area contributed by atoms with E-state index in [-0.39, 0.29) is 0 Å². The number of nitrogens with zero attached hydrogens (tertiary/aromatic N) is 1. The molecular weight excluding hydrogens is 294 g/mol. The van der Waals surface area contributed by atoms with Crippen LogP contribution >= 0.6 is 11.3 Å². The van der Waals surface area contributed by atoms with Crippen LogP contribution in [0.5, 0.6) is 5.75 Å². The zero-order valence-electron chi connectivity index (χ0n) is 11.1. The Labute approximate surface area is 124 Å². The molecule has 2 amide bonds. The summed E-state index contributed by atoms with van der Waals surface area (Å²) < 4.78 is 4.99. The van der Waals surface area contributed by atoms with Crippen molar-refractivity contribution >= 4 is 34.2 Å². The summed E-state index contributed by atoms with van der Waals surface area (Å²) in [7, 11) is 0. The number of anilines is 2. The minimum atomic E-state index is -1.05. The molecule has 0 radical (unpaired) electrons. The van der Waals surface area contributed by atoms with Gasteiger partial charge >= 0.3 is 12.0 Å². The number of aliphatic carboxylic acids is 1. The van der Waals surface area contributed by atoms with Crippen LogP contribution in [0.2, 0.25) is 0 Å². The third-order valence-electron chi connectivity index (χ3n) is 2.32. The highest BCUT2D eigenvalue weighted by molar-refractivity contribution is 7.15. The lowest BCUT2D eigenvalue weighted by Gasteiger charge is -2.07. The number of aryl methyl sites for hydroxylation is 1. The van der Waals surface area contributed by atoms with E-state index in [1.807, 2.05) is 6.92 Å². The van der Waals surface area contributed by atoms with Crippen molar-refractivity contribution in [2.45, 2.75) is 6.92 Å². The van der Waals surface area contributed by atoms with Crippen LogP contribution in [-0.2, 0) is 4.79 Å². The number of urea groups is 1. The first-order chi connectivity index (χ1) is 10.0. The van der Waals surface area contributed by atoms with Gasteiger partial charge in [0, 0.05) is 16.8 Å². The normalized spacial score (nSPS) is 9.95. The van der Waals surface area contributed by atoms with Crippen LogP contribution in [0.1, 0.15) is 4.88 Å². The zero-order chi connectivity index (χ0) is 15.2. The van der Waals surface area contributed by atoms with Gasteiger partial charge in [0.1, 0.15) is 5.75 Å². The van der Waals surface area contributed by atoms with Gasteiger partial charge in [-0.15, -0.1) is 11.3 Å².